The highest BCUT2D eigenvalue weighted by molar-refractivity contribution is 6.16. The predicted octanol–water partition coefficient (Wildman–Crippen LogP) is 12.2. The lowest BCUT2D eigenvalue weighted by atomic mass is 9.82. The molecule has 0 fully saturated rings. The molecule has 0 radical (unpaired) electrons. The average Bonchev–Trinajstić information content (AvgIpc) is 3.58. The second-order valence-electron chi connectivity index (χ2n) is 13.0. The lowest BCUT2D eigenvalue weighted by molar-refractivity contribution is 0.660. The third-order valence-corrected chi connectivity index (χ3v) is 9.97. The molecule has 0 aliphatic heterocycles. The first-order valence-corrected chi connectivity index (χ1v) is 16.4. The van der Waals surface area contributed by atoms with Crippen LogP contribution in [0, 0.1) is 0 Å². The van der Waals surface area contributed by atoms with E-state index in [0.717, 1.165) is 22.7 Å². The number of nitrogens with zero attached hydrogens (tertiary/aromatic N) is 2. The summed E-state index contributed by atoms with van der Waals surface area (Å²) < 4.78 is 2.42. The third-order valence-electron chi connectivity index (χ3n) is 9.97. The van der Waals surface area contributed by atoms with E-state index in [-0.39, 0.29) is 5.41 Å². The van der Waals surface area contributed by atoms with E-state index in [1.165, 1.54) is 55.2 Å². The van der Waals surface area contributed by atoms with E-state index >= 15 is 0 Å². The summed E-state index contributed by atoms with van der Waals surface area (Å²) in [7, 11) is 0. The second-order valence-corrected chi connectivity index (χ2v) is 13.0. The topological polar surface area (TPSA) is 8.17 Å². The molecule has 1 aliphatic carbocycles. The summed E-state index contributed by atoms with van der Waals surface area (Å²) in [6.45, 7) is 4.70. The Kier molecular flexibility index (Phi) is 6.20. The first-order chi connectivity index (χ1) is 23.1. The van der Waals surface area contributed by atoms with Gasteiger partial charge < -0.3 is 9.47 Å². The Bertz CT molecular complexity index is 2420. The number of fused-ring (bicyclic) bond motifs is 6. The number of hydrogen-bond acceptors (Lipinski definition) is 1. The molecule has 0 spiro atoms. The highest BCUT2D eigenvalue weighted by atomic mass is 15.1. The SMILES string of the molecule is CC1(C)c2ccccc2-c2ccc(N(c3ccccc3)c3ccc4c5c(-c6ccccc6)cccc5n(-c5ccccc5)c4c3)cc21. The summed E-state index contributed by atoms with van der Waals surface area (Å²) in [5.41, 5.74) is 14.8. The van der Waals surface area contributed by atoms with E-state index < -0.39 is 0 Å². The number of rotatable bonds is 5. The fourth-order valence-corrected chi connectivity index (χ4v) is 7.76. The molecular weight excluding hydrogens is 569 g/mol. The van der Waals surface area contributed by atoms with Gasteiger partial charge in [-0.25, -0.2) is 0 Å². The molecule has 9 rings (SSSR count). The van der Waals surface area contributed by atoms with Crippen LogP contribution in [-0.2, 0) is 5.41 Å². The fraction of sp³-hybridized carbons (Fsp3) is 0.0667. The van der Waals surface area contributed by atoms with Gasteiger partial charge >= 0.3 is 0 Å². The molecule has 8 aromatic rings. The van der Waals surface area contributed by atoms with Gasteiger partial charge in [0, 0.05) is 38.9 Å². The van der Waals surface area contributed by atoms with E-state index in [1.54, 1.807) is 0 Å². The second kappa shape index (κ2) is 10.6. The zero-order valence-electron chi connectivity index (χ0n) is 26.6. The standard InChI is InChI=1S/C45H34N2/c1-45(2)40-23-13-12-21-37(40)38-27-25-34(29-41(38)45)46(32-17-8-4-9-18-32)35-26-28-39-43(30-35)47(33-19-10-5-11-20-33)42-24-14-22-36(44(39)42)31-15-6-3-7-16-31/h3-30H,1-2H3. The van der Waals surface area contributed by atoms with Crippen molar-refractivity contribution in [3.63, 3.8) is 0 Å². The van der Waals surface area contributed by atoms with Crippen molar-refractivity contribution in [3.8, 4) is 27.9 Å². The van der Waals surface area contributed by atoms with Crippen LogP contribution < -0.4 is 4.90 Å². The van der Waals surface area contributed by atoms with Crippen LogP contribution in [0.25, 0.3) is 49.7 Å². The summed E-state index contributed by atoms with van der Waals surface area (Å²) >= 11 is 0. The number of benzene rings is 7. The first kappa shape index (κ1) is 27.5. The maximum atomic E-state index is 2.42. The molecule has 7 aromatic carbocycles. The molecule has 2 heteroatoms. The van der Waals surface area contributed by atoms with Crippen molar-refractivity contribution >= 4 is 38.9 Å². The van der Waals surface area contributed by atoms with Gasteiger partial charge in [0.05, 0.1) is 11.0 Å². The van der Waals surface area contributed by atoms with Crippen LogP contribution >= 0.6 is 0 Å². The van der Waals surface area contributed by atoms with E-state index in [4.69, 9.17) is 0 Å². The van der Waals surface area contributed by atoms with Crippen molar-refractivity contribution in [2.75, 3.05) is 4.90 Å². The molecule has 0 N–H and O–H groups in total. The Labute approximate surface area is 275 Å². The molecule has 0 bridgehead atoms. The van der Waals surface area contributed by atoms with Crippen LogP contribution in [0.3, 0.4) is 0 Å². The van der Waals surface area contributed by atoms with Crippen LogP contribution in [0.4, 0.5) is 17.1 Å². The molecule has 1 aromatic heterocycles. The van der Waals surface area contributed by atoms with Crippen LogP contribution in [0.2, 0.25) is 0 Å². The van der Waals surface area contributed by atoms with Gasteiger partial charge in [-0.3, -0.25) is 0 Å². The minimum atomic E-state index is -0.0815. The van der Waals surface area contributed by atoms with Crippen molar-refractivity contribution in [1.82, 2.24) is 4.57 Å². The Morgan fingerprint density at radius 1 is 0.447 bits per heavy atom. The molecule has 1 heterocycles. The van der Waals surface area contributed by atoms with Crippen molar-refractivity contribution in [1.29, 1.82) is 0 Å². The van der Waals surface area contributed by atoms with Gasteiger partial charge in [0.1, 0.15) is 0 Å². The van der Waals surface area contributed by atoms with Gasteiger partial charge in [-0.05, 0) is 88.0 Å². The monoisotopic (exact) mass is 602 g/mol. The summed E-state index contributed by atoms with van der Waals surface area (Å²) in [5.74, 6) is 0. The molecule has 224 valence electrons. The molecular formula is C45H34N2. The molecule has 0 amide bonds. The van der Waals surface area contributed by atoms with Gasteiger partial charge in [0.15, 0.2) is 0 Å². The highest BCUT2D eigenvalue weighted by Gasteiger charge is 2.35. The largest absolute Gasteiger partial charge is 0.310 e. The van der Waals surface area contributed by atoms with Gasteiger partial charge in [-0.15, -0.1) is 0 Å². The number of hydrogen-bond donors (Lipinski definition) is 0. The van der Waals surface area contributed by atoms with Gasteiger partial charge in [0.25, 0.3) is 0 Å². The van der Waals surface area contributed by atoms with Crippen LogP contribution in [0.5, 0.6) is 0 Å². The normalized spacial score (nSPS) is 13.1. The minimum Gasteiger partial charge on any atom is -0.310 e. The predicted molar refractivity (Wildman–Crippen MR) is 198 cm³/mol. The average molecular weight is 603 g/mol. The smallest absolute Gasteiger partial charge is 0.0562 e. The molecule has 1 aliphatic rings. The Morgan fingerprint density at radius 2 is 1.06 bits per heavy atom. The summed E-state index contributed by atoms with van der Waals surface area (Å²) in [4.78, 5) is 2.41. The summed E-state index contributed by atoms with van der Waals surface area (Å²) in [6.07, 6.45) is 0. The lowest BCUT2D eigenvalue weighted by Gasteiger charge is -2.28. The molecule has 0 saturated heterocycles. The maximum Gasteiger partial charge on any atom is 0.0562 e. The molecule has 0 saturated carbocycles. The van der Waals surface area contributed by atoms with E-state index in [2.05, 4.69) is 193 Å². The molecule has 2 nitrogen and oxygen atoms in total. The maximum absolute atomic E-state index is 2.42. The van der Waals surface area contributed by atoms with Crippen LogP contribution in [0.15, 0.2) is 170 Å². The zero-order chi connectivity index (χ0) is 31.5. The number of anilines is 3. The van der Waals surface area contributed by atoms with E-state index in [1.807, 2.05) is 0 Å². The molecule has 0 atom stereocenters. The van der Waals surface area contributed by atoms with Crippen molar-refractivity contribution in [2.24, 2.45) is 0 Å². The number of para-hydroxylation sites is 2. The lowest BCUT2D eigenvalue weighted by Crippen LogP contribution is -2.16. The molecule has 47 heavy (non-hydrogen) atoms. The Morgan fingerprint density at radius 3 is 1.85 bits per heavy atom. The van der Waals surface area contributed by atoms with Gasteiger partial charge in [0.2, 0.25) is 0 Å². The Balaban J connectivity index is 1.30. The number of aromatic nitrogens is 1. The van der Waals surface area contributed by atoms with Crippen LogP contribution in [-0.4, -0.2) is 4.57 Å². The third kappa shape index (κ3) is 4.26. The van der Waals surface area contributed by atoms with Crippen molar-refractivity contribution < 1.29 is 0 Å². The van der Waals surface area contributed by atoms with Crippen LogP contribution in [0.1, 0.15) is 25.0 Å². The van der Waals surface area contributed by atoms with Gasteiger partial charge in [-0.1, -0.05) is 129 Å². The minimum absolute atomic E-state index is 0.0815. The van der Waals surface area contributed by atoms with Gasteiger partial charge in [-0.2, -0.15) is 0 Å². The Hall–Kier alpha value is -5.86. The highest BCUT2D eigenvalue weighted by Crippen LogP contribution is 2.51. The summed E-state index contributed by atoms with van der Waals surface area (Å²) in [5, 5.41) is 2.51. The molecule has 0 unspecified atom stereocenters. The van der Waals surface area contributed by atoms with E-state index in [0.29, 0.717) is 0 Å². The van der Waals surface area contributed by atoms with Crippen molar-refractivity contribution in [3.05, 3.63) is 181 Å². The summed E-state index contributed by atoms with van der Waals surface area (Å²) in [6, 6.07) is 61.8. The van der Waals surface area contributed by atoms with Crippen molar-refractivity contribution in [2.45, 2.75) is 19.3 Å². The first-order valence-electron chi connectivity index (χ1n) is 16.4. The van der Waals surface area contributed by atoms with E-state index in [9.17, 15) is 0 Å². The fourth-order valence-electron chi connectivity index (χ4n) is 7.76. The quantitative estimate of drug-likeness (QED) is 0.190. The zero-order valence-corrected chi connectivity index (χ0v) is 26.6.